The number of hydrogen-bond acceptors (Lipinski definition) is 3. The first-order valence-electron chi connectivity index (χ1n) is 8.07. The van der Waals surface area contributed by atoms with Crippen LogP contribution >= 0.6 is 0 Å². The molecule has 1 aromatic rings. The fourth-order valence-electron chi connectivity index (χ4n) is 4.31. The molecule has 4 rings (SSSR count). The zero-order valence-electron chi connectivity index (χ0n) is 12.3. The molecule has 1 aromatic carbocycles. The van der Waals surface area contributed by atoms with Crippen molar-refractivity contribution >= 4 is 5.91 Å². The van der Waals surface area contributed by atoms with Crippen LogP contribution < -0.4 is 0 Å². The van der Waals surface area contributed by atoms with E-state index in [1.165, 1.54) is 17.5 Å². The van der Waals surface area contributed by atoms with Crippen molar-refractivity contribution in [2.75, 3.05) is 19.6 Å². The lowest BCUT2D eigenvalue weighted by Crippen LogP contribution is -2.52. The summed E-state index contributed by atoms with van der Waals surface area (Å²) in [7, 11) is 0. The summed E-state index contributed by atoms with van der Waals surface area (Å²) in [6, 6.07) is 6.65. The molecule has 4 nitrogen and oxygen atoms in total. The van der Waals surface area contributed by atoms with Gasteiger partial charge in [0.1, 0.15) is 5.75 Å². The third kappa shape index (κ3) is 2.22. The number of aromatic hydroxyl groups is 1. The number of benzene rings is 1. The molecule has 1 aliphatic carbocycles. The summed E-state index contributed by atoms with van der Waals surface area (Å²) in [5.41, 5.74) is 2.69. The highest BCUT2D eigenvalue weighted by Gasteiger charge is 2.38. The molecular weight excluding hydrogens is 264 g/mol. The van der Waals surface area contributed by atoms with Crippen LogP contribution in [-0.2, 0) is 11.2 Å². The number of carbonyl (C=O) groups excluding carboxylic acids is 1. The molecule has 0 bridgehead atoms. The molecule has 0 radical (unpaired) electrons. The minimum atomic E-state index is 0.335. The van der Waals surface area contributed by atoms with E-state index >= 15 is 0 Å². The van der Waals surface area contributed by atoms with E-state index in [4.69, 9.17) is 0 Å². The van der Waals surface area contributed by atoms with Crippen LogP contribution in [-0.4, -0.2) is 46.5 Å². The number of aryl methyl sites for hydroxylation is 1. The van der Waals surface area contributed by atoms with E-state index in [2.05, 4.69) is 15.9 Å². The van der Waals surface area contributed by atoms with Crippen molar-refractivity contribution in [3.63, 3.8) is 0 Å². The van der Waals surface area contributed by atoms with Crippen molar-refractivity contribution in [1.82, 2.24) is 9.80 Å². The number of phenols is 1. The Hall–Kier alpha value is -1.55. The molecule has 4 heteroatoms. The monoisotopic (exact) mass is 286 g/mol. The highest BCUT2D eigenvalue weighted by atomic mass is 16.3. The molecule has 1 N–H and O–H groups in total. The molecule has 0 aromatic heterocycles. The van der Waals surface area contributed by atoms with Crippen LogP contribution in [0.1, 0.15) is 42.9 Å². The fraction of sp³-hybridized carbons (Fsp3) is 0.588. The summed E-state index contributed by atoms with van der Waals surface area (Å²) >= 11 is 0. The van der Waals surface area contributed by atoms with Crippen molar-refractivity contribution in [1.29, 1.82) is 0 Å². The molecule has 2 atom stereocenters. The van der Waals surface area contributed by atoms with Gasteiger partial charge in [0.05, 0.1) is 0 Å². The van der Waals surface area contributed by atoms with E-state index in [0.29, 0.717) is 23.7 Å². The SMILES string of the molecule is O=C1CCC2CN(C3CCCc4ccc(O)cc43)CCN12. The third-order valence-electron chi connectivity index (χ3n) is 5.38. The predicted octanol–water partition coefficient (Wildman–Crippen LogP) is 2.08. The number of hydrogen-bond donors (Lipinski definition) is 1. The van der Waals surface area contributed by atoms with E-state index in [0.717, 1.165) is 45.3 Å². The molecule has 2 saturated heterocycles. The summed E-state index contributed by atoms with van der Waals surface area (Å²) in [6.45, 7) is 2.82. The first kappa shape index (κ1) is 13.1. The molecular formula is C17H22N2O2. The molecule has 2 heterocycles. The maximum atomic E-state index is 11.8. The first-order valence-corrected chi connectivity index (χ1v) is 8.07. The van der Waals surface area contributed by atoms with Crippen LogP contribution in [0.2, 0.25) is 0 Å². The van der Waals surface area contributed by atoms with Gasteiger partial charge in [-0.25, -0.2) is 0 Å². The third-order valence-corrected chi connectivity index (χ3v) is 5.38. The van der Waals surface area contributed by atoms with Crippen molar-refractivity contribution < 1.29 is 9.90 Å². The number of phenolic OH excluding ortho intramolecular Hbond substituents is 1. The first-order chi connectivity index (χ1) is 10.2. The molecule has 3 aliphatic rings. The van der Waals surface area contributed by atoms with E-state index in [1.807, 2.05) is 6.07 Å². The van der Waals surface area contributed by atoms with Gasteiger partial charge in [-0.1, -0.05) is 6.07 Å². The van der Waals surface area contributed by atoms with E-state index < -0.39 is 0 Å². The largest absolute Gasteiger partial charge is 0.508 e. The number of amides is 1. The predicted molar refractivity (Wildman–Crippen MR) is 80.1 cm³/mol. The van der Waals surface area contributed by atoms with Gasteiger partial charge in [-0.2, -0.15) is 0 Å². The number of fused-ring (bicyclic) bond motifs is 2. The lowest BCUT2D eigenvalue weighted by molar-refractivity contribution is -0.131. The van der Waals surface area contributed by atoms with Gasteiger partial charge in [0.15, 0.2) is 0 Å². The zero-order valence-corrected chi connectivity index (χ0v) is 12.3. The number of carbonyl (C=O) groups is 1. The van der Waals surface area contributed by atoms with Gasteiger partial charge in [0, 0.05) is 38.1 Å². The molecule has 2 aliphatic heterocycles. The van der Waals surface area contributed by atoms with Crippen LogP contribution in [0.15, 0.2) is 18.2 Å². The standard InChI is InChI=1S/C17H22N2O2/c20-14-6-4-12-2-1-3-16(15(12)10-14)18-8-9-19-13(11-18)5-7-17(19)21/h4,6,10,13,16,20H,1-3,5,7-9,11H2. The summed E-state index contributed by atoms with van der Waals surface area (Å²) in [5.74, 6) is 0.705. The number of piperazine rings is 1. The lowest BCUT2D eigenvalue weighted by atomic mass is 9.86. The topological polar surface area (TPSA) is 43.8 Å². The Morgan fingerprint density at radius 1 is 1.14 bits per heavy atom. The quantitative estimate of drug-likeness (QED) is 0.859. The smallest absolute Gasteiger partial charge is 0.222 e. The molecule has 112 valence electrons. The summed E-state index contributed by atoms with van der Waals surface area (Å²) in [4.78, 5) is 16.4. The maximum Gasteiger partial charge on any atom is 0.222 e. The fourth-order valence-corrected chi connectivity index (χ4v) is 4.31. The molecule has 0 saturated carbocycles. The Labute approximate surface area is 125 Å². The number of rotatable bonds is 1. The second-order valence-electron chi connectivity index (χ2n) is 6.57. The van der Waals surface area contributed by atoms with Gasteiger partial charge in [0.2, 0.25) is 5.91 Å². The maximum absolute atomic E-state index is 11.8. The second kappa shape index (κ2) is 5.02. The molecule has 0 spiro atoms. The Morgan fingerprint density at radius 2 is 2.05 bits per heavy atom. The molecule has 1 amide bonds. The number of nitrogens with zero attached hydrogens (tertiary/aromatic N) is 2. The van der Waals surface area contributed by atoms with Crippen LogP contribution in [0.5, 0.6) is 5.75 Å². The molecule has 21 heavy (non-hydrogen) atoms. The second-order valence-corrected chi connectivity index (χ2v) is 6.57. The van der Waals surface area contributed by atoms with Crippen molar-refractivity contribution in [3.8, 4) is 5.75 Å². The average Bonchev–Trinajstić information content (AvgIpc) is 2.87. The van der Waals surface area contributed by atoms with Crippen molar-refractivity contribution in [3.05, 3.63) is 29.3 Å². The van der Waals surface area contributed by atoms with Gasteiger partial charge in [0.25, 0.3) is 0 Å². The van der Waals surface area contributed by atoms with Gasteiger partial charge >= 0.3 is 0 Å². The Balaban J connectivity index is 1.58. The van der Waals surface area contributed by atoms with E-state index in [9.17, 15) is 9.90 Å². The van der Waals surface area contributed by atoms with Crippen molar-refractivity contribution in [2.24, 2.45) is 0 Å². The Kier molecular flexibility index (Phi) is 3.14. The summed E-state index contributed by atoms with van der Waals surface area (Å²) in [6.07, 6.45) is 5.23. The highest BCUT2D eigenvalue weighted by Crippen LogP contribution is 2.38. The summed E-state index contributed by atoms with van der Waals surface area (Å²) < 4.78 is 0. The van der Waals surface area contributed by atoms with E-state index in [-0.39, 0.29) is 0 Å². The normalized spacial score (nSPS) is 29.3. The Morgan fingerprint density at radius 3 is 2.95 bits per heavy atom. The summed E-state index contributed by atoms with van der Waals surface area (Å²) in [5, 5.41) is 9.82. The van der Waals surface area contributed by atoms with Gasteiger partial charge in [-0.3, -0.25) is 9.69 Å². The molecule has 2 fully saturated rings. The Bertz CT molecular complexity index is 572. The van der Waals surface area contributed by atoms with Gasteiger partial charge in [-0.05, 0) is 48.9 Å². The van der Waals surface area contributed by atoms with Crippen LogP contribution in [0.4, 0.5) is 0 Å². The van der Waals surface area contributed by atoms with Crippen LogP contribution in [0.25, 0.3) is 0 Å². The minimum absolute atomic E-state index is 0.335. The van der Waals surface area contributed by atoms with Gasteiger partial charge in [-0.15, -0.1) is 0 Å². The van der Waals surface area contributed by atoms with Crippen LogP contribution in [0.3, 0.4) is 0 Å². The molecule has 2 unspecified atom stereocenters. The minimum Gasteiger partial charge on any atom is -0.508 e. The highest BCUT2D eigenvalue weighted by molar-refractivity contribution is 5.78. The van der Waals surface area contributed by atoms with Crippen molar-refractivity contribution in [2.45, 2.75) is 44.2 Å². The average molecular weight is 286 g/mol. The van der Waals surface area contributed by atoms with Gasteiger partial charge < -0.3 is 10.0 Å². The lowest BCUT2D eigenvalue weighted by Gasteiger charge is -2.43. The van der Waals surface area contributed by atoms with E-state index in [1.54, 1.807) is 6.07 Å². The zero-order chi connectivity index (χ0) is 14.4. The van der Waals surface area contributed by atoms with Crippen LogP contribution in [0, 0.1) is 0 Å².